The highest BCUT2D eigenvalue weighted by Crippen LogP contribution is 2.48. The number of fused-ring (bicyclic) bond motifs is 1. The maximum Gasteiger partial charge on any atom is 0.243 e. The number of sulfonamides is 1. The number of aromatic hydroxyl groups is 1. The molecular formula is C35H27NO5S. The molecule has 0 unspecified atom stereocenters. The molecule has 0 saturated carbocycles. The third kappa shape index (κ3) is 4.72. The van der Waals surface area contributed by atoms with Crippen molar-refractivity contribution in [1.29, 1.82) is 0 Å². The zero-order chi connectivity index (χ0) is 29.4. The second kappa shape index (κ2) is 10.9. The zero-order valence-corrected chi connectivity index (χ0v) is 23.6. The minimum absolute atomic E-state index is 0.0660. The number of phenols is 1. The Labute approximate surface area is 244 Å². The van der Waals surface area contributed by atoms with Crippen molar-refractivity contribution in [3.05, 3.63) is 143 Å². The molecule has 5 aromatic rings. The minimum Gasteiger partial charge on any atom is -0.507 e. The van der Waals surface area contributed by atoms with Crippen molar-refractivity contribution in [2.75, 3.05) is 6.54 Å². The number of benzene rings is 5. The van der Waals surface area contributed by atoms with Crippen molar-refractivity contribution < 1.29 is 23.1 Å². The van der Waals surface area contributed by atoms with Crippen LogP contribution in [0.2, 0.25) is 0 Å². The Morgan fingerprint density at radius 2 is 1.21 bits per heavy atom. The van der Waals surface area contributed by atoms with Crippen LogP contribution in [0.5, 0.6) is 5.75 Å². The molecule has 0 aromatic heterocycles. The monoisotopic (exact) mass is 573 g/mol. The van der Waals surface area contributed by atoms with E-state index in [4.69, 9.17) is 0 Å². The third-order valence-electron chi connectivity index (χ3n) is 7.56. The van der Waals surface area contributed by atoms with Crippen LogP contribution in [-0.2, 0) is 16.6 Å². The number of hydrogen-bond acceptors (Lipinski definition) is 5. The molecule has 0 amide bonds. The second-order valence-electron chi connectivity index (χ2n) is 10.3. The predicted octanol–water partition coefficient (Wildman–Crippen LogP) is 6.65. The normalized spacial score (nSPS) is 13.5. The van der Waals surface area contributed by atoms with Crippen LogP contribution in [0.3, 0.4) is 0 Å². The number of nitrogens with zero attached hydrogens (tertiary/aromatic N) is 1. The van der Waals surface area contributed by atoms with Gasteiger partial charge in [0.15, 0.2) is 11.6 Å². The summed E-state index contributed by atoms with van der Waals surface area (Å²) >= 11 is 0. The number of ketones is 2. The molecule has 0 saturated heterocycles. The topological polar surface area (TPSA) is 91.8 Å². The Morgan fingerprint density at radius 1 is 0.690 bits per heavy atom. The summed E-state index contributed by atoms with van der Waals surface area (Å²) in [4.78, 5) is 28.4. The molecule has 0 spiro atoms. The van der Waals surface area contributed by atoms with E-state index >= 15 is 0 Å². The summed E-state index contributed by atoms with van der Waals surface area (Å²) in [5.41, 5.74) is 3.49. The molecular weight excluding hydrogens is 546 g/mol. The average Bonchev–Trinajstić information content (AvgIpc) is 3.01. The van der Waals surface area contributed by atoms with Gasteiger partial charge in [0, 0.05) is 34.4 Å². The summed E-state index contributed by atoms with van der Waals surface area (Å²) in [5.74, 6) is -1.13. The highest BCUT2D eigenvalue weighted by molar-refractivity contribution is 7.89. The highest BCUT2D eigenvalue weighted by atomic mass is 32.2. The lowest BCUT2D eigenvalue weighted by Crippen LogP contribution is -2.40. The van der Waals surface area contributed by atoms with Crippen molar-refractivity contribution in [3.63, 3.8) is 0 Å². The van der Waals surface area contributed by atoms with E-state index in [2.05, 4.69) is 0 Å². The van der Waals surface area contributed by atoms with E-state index in [1.165, 1.54) is 12.1 Å². The van der Waals surface area contributed by atoms with Gasteiger partial charge in [0.1, 0.15) is 5.75 Å². The maximum atomic E-state index is 14.2. The fourth-order valence-electron chi connectivity index (χ4n) is 5.52. The first-order valence-electron chi connectivity index (χ1n) is 13.5. The predicted molar refractivity (Wildman–Crippen MR) is 162 cm³/mol. The van der Waals surface area contributed by atoms with Crippen molar-refractivity contribution >= 4 is 21.6 Å². The Morgan fingerprint density at radius 3 is 1.79 bits per heavy atom. The fourth-order valence-corrected chi connectivity index (χ4v) is 6.88. The van der Waals surface area contributed by atoms with Gasteiger partial charge in [-0.25, -0.2) is 8.42 Å². The zero-order valence-electron chi connectivity index (χ0n) is 22.8. The lowest BCUT2D eigenvalue weighted by molar-refractivity contribution is 0.0938. The van der Waals surface area contributed by atoms with E-state index in [9.17, 15) is 23.1 Å². The van der Waals surface area contributed by atoms with Crippen molar-refractivity contribution in [2.24, 2.45) is 0 Å². The molecule has 5 aromatic carbocycles. The first-order valence-corrected chi connectivity index (χ1v) is 14.9. The third-order valence-corrected chi connectivity index (χ3v) is 9.36. The number of carbonyl (C=O) groups excluding carboxylic acids is 2. The van der Waals surface area contributed by atoms with Gasteiger partial charge < -0.3 is 5.11 Å². The Balaban J connectivity index is 1.67. The van der Waals surface area contributed by atoms with Crippen molar-refractivity contribution in [3.8, 4) is 28.0 Å². The van der Waals surface area contributed by atoms with Gasteiger partial charge in [-0.1, -0.05) is 109 Å². The number of phenolic OH excluding ortho intramolecular Hbond substituents is 1. The second-order valence-corrected chi connectivity index (χ2v) is 12.2. The lowest BCUT2D eigenvalue weighted by atomic mass is 9.79. The molecule has 0 radical (unpaired) electrons. The largest absolute Gasteiger partial charge is 0.507 e. The summed E-state index contributed by atoms with van der Waals surface area (Å²) < 4.78 is 28.6. The standard InChI is InChI=1S/C35H27NO5S/c1-23-17-19-27(20-18-23)42(40,41)36-21-28-30(24-11-5-2-6-12-24)35(39)31(25-13-7-3-8-14-25)33(32(28)29(37)22-36)34(38)26-15-9-4-10-16-26/h2-20,39H,21-22H2,1H3. The van der Waals surface area contributed by atoms with Gasteiger partial charge in [0.05, 0.1) is 11.4 Å². The van der Waals surface area contributed by atoms with Crippen LogP contribution in [0.1, 0.15) is 37.4 Å². The quantitative estimate of drug-likeness (QED) is 0.230. The van der Waals surface area contributed by atoms with E-state index in [0.29, 0.717) is 27.8 Å². The molecule has 0 aliphatic carbocycles. The summed E-state index contributed by atoms with van der Waals surface area (Å²) in [6.45, 7) is 1.23. The van der Waals surface area contributed by atoms with Gasteiger partial charge in [-0.2, -0.15) is 4.31 Å². The van der Waals surface area contributed by atoms with E-state index < -0.39 is 28.1 Å². The van der Waals surface area contributed by atoms with Crippen LogP contribution in [0.25, 0.3) is 22.3 Å². The summed E-state index contributed by atoms with van der Waals surface area (Å²) in [5, 5.41) is 12.0. The first kappa shape index (κ1) is 27.3. The van der Waals surface area contributed by atoms with Gasteiger partial charge in [0.2, 0.25) is 10.0 Å². The van der Waals surface area contributed by atoms with Gasteiger partial charge in [-0.15, -0.1) is 0 Å². The fraction of sp³-hybridized carbons (Fsp3) is 0.0857. The molecule has 6 rings (SSSR count). The van der Waals surface area contributed by atoms with Crippen LogP contribution >= 0.6 is 0 Å². The van der Waals surface area contributed by atoms with E-state index in [1.807, 2.05) is 19.1 Å². The van der Waals surface area contributed by atoms with E-state index in [-0.39, 0.29) is 33.9 Å². The SMILES string of the molecule is Cc1ccc(S(=O)(=O)N2CC(=O)c3c(c(-c4ccccc4)c(O)c(-c4ccccc4)c3C(=O)c3ccccc3)C2)cc1. The number of aryl methyl sites for hydroxylation is 1. The van der Waals surface area contributed by atoms with Crippen LogP contribution in [0.15, 0.2) is 120 Å². The molecule has 1 aliphatic rings. The first-order chi connectivity index (χ1) is 20.3. The van der Waals surface area contributed by atoms with Crippen molar-refractivity contribution in [2.45, 2.75) is 18.4 Å². The average molecular weight is 574 g/mol. The molecule has 0 fully saturated rings. The summed E-state index contributed by atoms with van der Waals surface area (Å²) in [6, 6.07) is 33.0. The summed E-state index contributed by atoms with van der Waals surface area (Å²) in [6.07, 6.45) is 0. The molecule has 0 atom stereocenters. The van der Waals surface area contributed by atoms with E-state index in [1.54, 1.807) is 91.0 Å². The van der Waals surface area contributed by atoms with Gasteiger partial charge in [0.25, 0.3) is 0 Å². The van der Waals surface area contributed by atoms with E-state index in [0.717, 1.165) is 9.87 Å². The molecule has 1 heterocycles. The summed E-state index contributed by atoms with van der Waals surface area (Å²) in [7, 11) is -4.07. The molecule has 1 aliphatic heterocycles. The van der Waals surface area contributed by atoms with Gasteiger partial charge >= 0.3 is 0 Å². The molecule has 6 nitrogen and oxygen atoms in total. The number of Topliss-reactive ketones (excluding diaryl/α,β-unsaturated/α-hetero) is 1. The number of rotatable bonds is 6. The van der Waals surface area contributed by atoms with Crippen molar-refractivity contribution in [1.82, 2.24) is 4.31 Å². The molecule has 208 valence electrons. The molecule has 1 N–H and O–H groups in total. The lowest BCUT2D eigenvalue weighted by Gasteiger charge is -2.32. The van der Waals surface area contributed by atoms with Crippen LogP contribution < -0.4 is 0 Å². The minimum atomic E-state index is -4.07. The highest BCUT2D eigenvalue weighted by Gasteiger charge is 2.39. The van der Waals surface area contributed by atoms with Crippen LogP contribution in [-0.4, -0.2) is 35.9 Å². The Hall–Kier alpha value is -4.85. The van der Waals surface area contributed by atoms with Gasteiger partial charge in [-0.3, -0.25) is 9.59 Å². The molecule has 7 heteroatoms. The number of hydrogen-bond donors (Lipinski definition) is 1. The Kier molecular flexibility index (Phi) is 7.06. The maximum absolute atomic E-state index is 14.2. The van der Waals surface area contributed by atoms with Gasteiger partial charge in [-0.05, 0) is 35.7 Å². The molecule has 0 bridgehead atoms. The Bertz CT molecular complexity index is 1920. The number of carbonyl (C=O) groups is 2. The van der Waals surface area contributed by atoms with Crippen LogP contribution in [0, 0.1) is 6.92 Å². The smallest absolute Gasteiger partial charge is 0.243 e. The molecule has 42 heavy (non-hydrogen) atoms. The van der Waals surface area contributed by atoms with Crippen LogP contribution in [0.4, 0.5) is 0 Å².